The van der Waals surface area contributed by atoms with Crippen molar-refractivity contribution < 1.29 is 29.0 Å². The molecule has 4 heterocycles. The molecule has 1 aromatic rings. The monoisotopic (exact) mass is 607 g/mol. The van der Waals surface area contributed by atoms with E-state index in [9.17, 15) is 19.5 Å². The minimum Gasteiger partial charge on any atom is -0.494 e. The Morgan fingerprint density at radius 3 is 2.27 bits per heavy atom. The van der Waals surface area contributed by atoms with E-state index in [1.165, 1.54) is 0 Å². The number of hydrogen-bond acceptors (Lipinski definition) is 6. The molecule has 4 aliphatic rings. The summed E-state index contributed by atoms with van der Waals surface area (Å²) in [6.45, 7) is 13.1. The number of amides is 3. The van der Waals surface area contributed by atoms with Crippen molar-refractivity contribution in [2.75, 3.05) is 31.2 Å². The van der Waals surface area contributed by atoms with Gasteiger partial charge in [0.2, 0.25) is 17.7 Å². The summed E-state index contributed by atoms with van der Waals surface area (Å²) >= 11 is 0. The molecule has 1 spiro atoms. The van der Waals surface area contributed by atoms with E-state index >= 15 is 0 Å². The lowest BCUT2D eigenvalue weighted by Crippen LogP contribution is -2.60. The molecule has 5 rings (SSSR count). The molecule has 9 heteroatoms. The van der Waals surface area contributed by atoms with E-state index in [-0.39, 0.29) is 36.3 Å². The summed E-state index contributed by atoms with van der Waals surface area (Å²) in [4.78, 5) is 49.4. The van der Waals surface area contributed by atoms with E-state index in [2.05, 4.69) is 6.92 Å². The minimum absolute atomic E-state index is 0.0373. The zero-order valence-electron chi connectivity index (χ0n) is 27.1. The maximum Gasteiger partial charge on any atom is 0.249 e. The summed E-state index contributed by atoms with van der Waals surface area (Å²) in [7, 11) is 0. The van der Waals surface area contributed by atoms with Crippen molar-refractivity contribution in [3.05, 3.63) is 48.6 Å². The molecule has 7 atom stereocenters. The molecule has 44 heavy (non-hydrogen) atoms. The average Bonchev–Trinajstić information content (AvgIpc) is 3.29. The van der Waals surface area contributed by atoms with Gasteiger partial charge in [-0.15, -0.1) is 0 Å². The predicted molar refractivity (Wildman–Crippen MR) is 169 cm³/mol. The first-order valence-corrected chi connectivity index (χ1v) is 16.4. The number of nitrogens with zero attached hydrogens (tertiary/aromatic N) is 3. The summed E-state index contributed by atoms with van der Waals surface area (Å²) in [5, 5.41) is 10.6. The maximum atomic E-state index is 14.8. The Balaban J connectivity index is 1.64. The Morgan fingerprint density at radius 1 is 0.955 bits per heavy atom. The van der Waals surface area contributed by atoms with Gasteiger partial charge in [0.05, 0.1) is 36.7 Å². The van der Waals surface area contributed by atoms with Crippen molar-refractivity contribution in [2.24, 2.45) is 17.8 Å². The molecule has 0 aromatic heterocycles. The van der Waals surface area contributed by atoms with E-state index in [0.717, 1.165) is 12.8 Å². The second-order valence-corrected chi connectivity index (χ2v) is 13.1. The van der Waals surface area contributed by atoms with Crippen LogP contribution in [0.5, 0.6) is 5.75 Å². The number of rotatable bonds is 11. The molecule has 240 valence electrons. The third kappa shape index (κ3) is 5.15. The first kappa shape index (κ1) is 32.2. The minimum atomic E-state index is -1.35. The van der Waals surface area contributed by atoms with Crippen LogP contribution in [-0.2, 0) is 19.1 Å². The molecule has 9 nitrogen and oxygen atoms in total. The van der Waals surface area contributed by atoms with Gasteiger partial charge in [0.25, 0.3) is 0 Å². The van der Waals surface area contributed by atoms with Gasteiger partial charge in [-0.2, -0.15) is 0 Å². The van der Waals surface area contributed by atoms with E-state index in [1.54, 1.807) is 9.80 Å². The van der Waals surface area contributed by atoms with Gasteiger partial charge in [0.1, 0.15) is 17.4 Å². The normalized spacial score (nSPS) is 31.1. The van der Waals surface area contributed by atoms with Crippen molar-refractivity contribution in [1.82, 2.24) is 9.80 Å². The fourth-order valence-corrected chi connectivity index (χ4v) is 8.02. The van der Waals surface area contributed by atoms with Crippen LogP contribution < -0.4 is 9.64 Å². The smallest absolute Gasteiger partial charge is 0.249 e. The van der Waals surface area contributed by atoms with Crippen LogP contribution >= 0.6 is 0 Å². The second kappa shape index (κ2) is 12.7. The van der Waals surface area contributed by atoms with Crippen LogP contribution in [0, 0.1) is 17.8 Å². The Kier molecular flexibility index (Phi) is 9.29. The van der Waals surface area contributed by atoms with Crippen LogP contribution in [0.2, 0.25) is 0 Å². The highest BCUT2D eigenvalue weighted by molar-refractivity contribution is 6.04. The standard InChI is InChI=1S/C35H49N3O6/c1-7-12-24(6)36-19-11-18-35-29(32(41)38(30(35)33(36)42)26(22-39)21-23(4)5)28-31(40)37(20-10-17-34(28,8-2)44-35)25-13-15-27(16-14-25)43-9-3/h10-11,13-18,23-24,26,28-30,39H,7-9,12,19-22H2,1-6H3/t24?,26-,28-,29+,30?,34+,35+/m1/s1. The molecule has 4 aliphatic heterocycles. The van der Waals surface area contributed by atoms with Crippen molar-refractivity contribution in [1.29, 1.82) is 0 Å². The molecule has 2 saturated heterocycles. The number of hydrogen-bond donors (Lipinski definition) is 1. The second-order valence-electron chi connectivity index (χ2n) is 13.1. The number of carbonyl (C=O) groups is 3. The number of fused-ring (bicyclic) bond motifs is 2. The number of aliphatic hydroxyl groups is 1. The fraction of sp³-hybridized carbons (Fsp3) is 0.629. The molecule has 2 unspecified atom stereocenters. The third-order valence-electron chi connectivity index (χ3n) is 9.95. The third-order valence-corrected chi connectivity index (χ3v) is 9.95. The van der Waals surface area contributed by atoms with Gasteiger partial charge < -0.3 is 29.3 Å². The quantitative estimate of drug-likeness (QED) is 0.376. The zero-order valence-corrected chi connectivity index (χ0v) is 27.1. The molecule has 1 aromatic carbocycles. The van der Waals surface area contributed by atoms with Gasteiger partial charge in [-0.25, -0.2) is 0 Å². The first-order chi connectivity index (χ1) is 21.1. The molecule has 3 amide bonds. The Bertz CT molecular complexity index is 1290. The highest BCUT2D eigenvalue weighted by Crippen LogP contribution is 2.59. The van der Waals surface area contributed by atoms with Crippen molar-refractivity contribution in [2.45, 2.75) is 96.6 Å². The molecular formula is C35H49N3O6. The highest BCUT2D eigenvalue weighted by atomic mass is 16.5. The average molecular weight is 608 g/mol. The lowest BCUT2D eigenvalue weighted by atomic mass is 9.73. The zero-order chi connectivity index (χ0) is 31.8. The number of benzene rings is 1. The van der Waals surface area contributed by atoms with Crippen molar-refractivity contribution in [3.63, 3.8) is 0 Å². The fourth-order valence-electron chi connectivity index (χ4n) is 8.02. The Morgan fingerprint density at radius 2 is 1.66 bits per heavy atom. The van der Waals surface area contributed by atoms with Gasteiger partial charge in [-0.05, 0) is 63.3 Å². The lowest BCUT2D eigenvalue weighted by molar-refractivity contribution is -0.157. The number of carbonyl (C=O) groups excluding carboxylic acids is 3. The van der Waals surface area contributed by atoms with E-state index in [4.69, 9.17) is 9.47 Å². The predicted octanol–water partition coefficient (Wildman–Crippen LogP) is 4.34. The van der Waals surface area contributed by atoms with Gasteiger partial charge in [0, 0.05) is 24.8 Å². The summed E-state index contributed by atoms with van der Waals surface area (Å²) in [6.07, 6.45) is 10.5. The van der Waals surface area contributed by atoms with E-state index in [0.29, 0.717) is 44.0 Å². The van der Waals surface area contributed by atoms with E-state index < -0.39 is 35.1 Å². The van der Waals surface area contributed by atoms with Crippen LogP contribution in [0.1, 0.15) is 67.2 Å². The molecule has 1 N–H and O–H groups in total. The van der Waals surface area contributed by atoms with Gasteiger partial charge in [-0.3, -0.25) is 14.4 Å². The topological polar surface area (TPSA) is 99.6 Å². The van der Waals surface area contributed by atoms with Gasteiger partial charge in [0.15, 0.2) is 0 Å². The summed E-state index contributed by atoms with van der Waals surface area (Å²) in [6, 6.07) is 5.81. The largest absolute Gasteiger partial charge is 0.494 e. The molecular weight excluding hydrogens is 558 g/mol. The maximum absolute atomic E-state index is 14.8. The molecule has 2 fully saturated rings. The van der Waals surface area contributed by atoms with Crippen LogP contribution in [0.4, 0.5) is 5.69 Å². The lowest BCUT2D eigenvalue weighted by Gasteiger charge is -2.42. The molecule has 0 bridgehead atoms. The summed E-state index contributed by atoms with van der Waals surface area (Å²) in [5.74, 6) is -1.57. The molecule has 0 saturated carbocycles. The number of anilines is 1. The Labute approximate surface area is 261 Å². The SMILES string of the molecule is CCCC(C)N1CC=C[C@]23O[C@@]4(CC)C=CCN(c5ccc(OCC)cc5)C(=O)[C@H]4[C@H]2C(=O)N([C@@H](CO)CC(C)C)C3C1=O. The van der Waals surface area contributed by atoms with Crippen LogP contribution in [0.25, 0.3) is 0 Å². The van der Waals surface area contributed by atoms with Gasteiger partial charge in [-0.1, -0.05) is 58.4 Å². The van der Waals surface area contributed by atoms with Crippen molar-refractivity contribution in [3.8, 4) is 5.75 Å². The Hall–Kier alpha value is -3.17. The molecule has 0 aliphatic carbocycles. The van der Waals surface area contributed by atoms with E-state index in [1.807, 2.05) is 88.1 Å². The number of ether oxygens (including phenoxy) is 2. The van der Waals surface area contributed by atoms with Gasteiger partial charge >= 0.3 is 0 Å². The number of aliphatic hydroxyl groups excluding tert-OH is 1. The van der Waals surface area contributed by atoms with Crippen molar-refractivity contribution >= 4 is 23.4 Å². The summed E-state index contributed by atoms with van der Waals surface area (Å²) < 4.78 is 12.7. The highest BCUT2D eigenvalue weighted by Gasteiger charge is 2.76. The van der Waals surface area contributed by atoms with Crippen LogP contribution in [0.3, 0.4) is 0 Å². The van der Waals surface area contributed by atoms with Crippen LogP contribution in [0.15, 0.2) is 48.6 Å². The first-order valence-electron chi connectivity index (χ1n) is 16.4. The molecule has 0 radical (unpaired) electrons. The summed E-state index contributed by atoms with van der Waals surface area (Å²) in [5.41, 5.74) is -1.71. The number of likely N-dealkylation sites (tertiary alicyclic amines) is 1. The van der Waals surface area contributed by atoms with Crippen LogP contribution in [-0.4, -0.2) is 88.3 Å².